The zero-order valence-corrected chi connectivity index (χ0v) is 9.73. The molecule has 0 saturated heterocycles. The van der Waals surface area contributed by atoms with Crippen molar-refractivity contribution in [2.45, 2.75) is 33.4 Å². The van der Waals surface area contributed by atoms with Crippen LogP contribution in [0.25, 0.3) is 0 Å². The molecular weight excluding hydrogens is 202 g/mol. The highest BCUT2D eigenvalue weighted by molar-refractivity contribution is 5.20. The molecule has 2 heterocycles. The molecular formula is C12H17N3O. The lowest BCUT2D eigenvalue weighted by atomic mass is 10.2. The average Bonchev–Trinajstić information content (AvgIpc) is 2.85. The maximum absolute atomic E-state index is 5.66. The molecule has 0 saturated carbocycles. The first-order valence-corrected chi connectivity index (χ1v) is 5.52. The zero-order valence-electron chi connectivity index (χ0n) is 9.73. The molecule has 0 aliphatic rings. The first kappa shape index (κ1) is 11.0. The van der Waals surface area contributed by atoms with Crippen molar-refractivity contribution in [3.63, 3.8) is 0 Å². The summed E-state index contributed by atoms with van der Waals surface area (Å²) in [6, 6.07) is 2.04. The van der Waals surface area contributed by atoms with Gasteiger partial charge in [0.15, 0.2) is 0 Å². The van der Waals surface area contributed by atoms with Gasteiger partial charge in [0.05, 0.1) is 13.1 Å². The Morgan fingerprint density at radius 2 is 2.31 bits per heavy atom. The molecule has 0 amide bonds. The molecule has 2 aromatic heterocycles. The third-order valence-corrected chi connectivity index (χ3v) is 2.70. The van der Waals surface area contributed by atoms with Crippen LogP contribution in [0.5, 0.6) is 0 Å². The van der Waals surface area contributed by atoms with Crippen molar-refractivity contribution in [1.29, 1.82) is 0 Å². The van der Waals surface area contributed by atoms with Crippen molar-refractivity contribution >= 4 is 0 Å². The topological polar surface area (TPSA) is 57.0 Å². The normalized spacial score (nSPS) is 10.9. The first-order valence-electron chi connectivity index (χ1n) is 5.52. The van der Waals surface area contributed by atoms with Crippen molar-refractivity contribution < 1.29 is 4.42 Å². The second-order valence-electron chi connectivity index (χ2n) is 3.85. The van der Waals surface area contributed by atoms with Gasteiger partial charge in [-0.15, -0.1) is 0 Å². The monoisotopic (exact) mass is 219 g/mol. The van der Waals surface area contributed by atoms with Crippen LogP contribution in [0.2, 0.25) is 0 Å². The van der Waals surface area contributed by atoms with E-state index in [1.54, 1.807) is 0 Å². The van der Waals surface area contributed by atoms with E-state index in [-0.39, 0.29) is 0 Å². The fourth-order valence-electron chi connectivity index (χ4n) is 1.84. The van der Waals surface area contributed by atoms with Crippen LogP contribution in [0.4, 0.5) is 0 Å². The first-order chi connectivity index (χ1) is 7.74. The molecule has 2 N–H and O–H groups in total. The highest BCUT2D eigenvalue weighted by atomic mass is 16.3. The van der Waals surface area contributed by atoms with E-state index in [1.807, 2.05) is 25.4 Å². The highest BCUT2D eigenvalue weighted by Gasteiger charge is 2.08. The number of imidazole rings is 1. The standard InChI is InChI=1S/C12H17N3O/c1-3-12-14-4-5-15(12)8-10-6-9(2)11(7-13)16-10/h4-6H,3,7-8,13H2,1-2H3. The Morgan fingerprint density at radius 3 is 2.94 bits per heavy atom. The lowest BCUT2D eigenvalue weighted by Crippen LogP contribution is -2.02. The van der Waals surface area contributed by atoms with E-state index in [1.165, 1.54) is 0 Å². The van der Waals surface area contributed by atoms with Crippen molar-refractivity contribution in [2.24, 2.45) is 5.73 Å². The van der Waals surface area contributed by atoms with Gasteiger partial charge in [-0.3, -0.25) is 0 Å². The molecule has 0 aliphatic carbocycles. The summed E-state index contributed by atoms with van der Waals surface area (Å²) < 4.78 is 7.76. The smallest absolute Gasteiger partial charge is 0.124 e. The Morgan fingerprint density at radius 1 is 1.50 bits per heavy atom. The van der Waals surface area contributed by atoms with E-state index < -0.39 is 0 Å². The number of aromatic nitrogens is 2. The number of hydrogen-bond donors (Lipinski definition) is 1. The van der Waals surface area contributed by atoms with Crippen molar-refractivity contribution in [3.05, 3.63) is 41.4 Å². The van der Waals surface area contributed by atoms with Gasteiger partial charge in [0, 0.05) is 18.8 Å². The molecule has 86 valence electrons. The fraction of sp³-hybridized carbons (Fsp3) is 0.417. The lowest BCUT2D eigenvalue weighted by Gasteiger charge is -2.03. The number of hydrogen-bond acceptors (Lipinski definition) is 3. The quantitative estimate of drug-likeness (QED) is 0.853. The van der Waals surface area contributed by atoms with Gasteiger partial charge in [-0.1, -0.05) is 6.92 Å². The van der Waals surface area contributed by atoms with Gasteiger partial charge in [-0.2, -0.15) is 0 Å². The van der Waals surface area contributed by atoms with Gasteiger partial charge in [-0.05, 0) is 18.6 Å². The van der Waals surface area contributed by atoms with Gasteiger partial charge < -0.3 is 14.7 Å². The zero-order chi connectivity index (χ0) is 11.5. The van der Waals surface area contributed by atoms with Gasteiger partial charge in [0.25, 0.3) is 0 Å². The predicted molar refractivity (Wildman–Crippen MR) is 62.0 cm³/mol. The molecule has 2 rings (SSSR count). The van der Waals surface area contributed by atoms with Crippen LogP contribution < -0.4 is 5.73 Å². The molecule has 0 aromatic carbocycles. The Kier molecular flexibility index (Phi) is 3.10. The van der Waals surface area contributed by atoms with E-state index in [0.717, 1.165) is 35.9 Å². The summed E-state index contributed by atoms with van der Waals surface area (Å²) in [6.07, 6.45) is 4.72. The van der Waals surface area contributed by atoms with E-state index >= 15 is 0 Å². The van der Waals surface area contributed by atoms with E-state index in [9.17, 15) is 0 Å². The molecule has 0 aliphatic heterocycles. The maximum Gasteiger partial charge on any atom is 0.124 e. The number of nitrogens with two attached hydrogens (primary N) is 1. The second kappa shape index (κ2) is 4.53. The van der Waals surface area contributed by atoms with E-state index in [4.69, 9.17) is 10.2 Å². The van der Waals surface area contributed by atoms with Crippen molar-refractivity contribution in [2.75, 3.05) is 0 Å². The van der Waals surface area contributed by atoms with Crippen LogP contribution in [0.15, 0.2) is 22.9 Å². The van der Waals surface area contributed by atoms with Crippen LogP contribution >= 0.6 is 0 Å². The summed E-state index contributed by atoms with van der Waals surface area (Å²) in [4.78, 5) is 4.28. The van der Waals surface area contributed by atoms with Gasteiger partial charge in [0.2, 0.25) is 0 Å². The second-order valence-corrected chi connectivity index (χ2v) is 3.85. The maximum atomic E-state index is 5.66. The lowest BCUT2D eigenvalue weighted by molar-refractivity contribution is 0.450. The Balaban J connectivity index is 2.20. The summed E-state index contributed by atoms with van der Waals surface area (Å²) >= 11 is 0. The summed E-state index contributed by atoms with van der Waals surface area (Å²) in [7, 11) is 0. The molecule has 0 fully saturated rings. The van der Waals surface area contributed by atoms with Crippen molar-refractivity contribution in [3.8, 4) is 0 Å². The van der Waals surface area contributed by atoms with Crippen LogP contribution in [0, 0.1) is 6.92 Å². The van der Waals surface area contributed by atoms with Gasteiger partial charge in [-0.25, -0.2) is 4.98 Å². The number of furan rings is 1. The van der Waals surface area contributed by atoms with E-state index in [2.05, 4.69) is 16.5 Å². The summed E-state index contributed by atoms with van der Waals surface area (Å²) in [5, 5.41) is 0. The van der Waals surface area contributed by atoms with Gasteiger partial charge in [0.1, 0.15) is 17.3 Å². The molecule has 0 spiro atoms. The highest BCUT2D eigenvalue weighted by Crippen LogP contribution is 2.15. The number of nitrogens with zero attached hydrogens (tertiary/aromatic N) is 2. The SMILES string of the molecule is CCc1nccn1Cc1cc(C)c(CN)o1. The molecule has 0 radical (unpaired) electrons. The molecule has 2 aromatic rings. The molecule has 16 heavy (non-hydrogen) atoms. The minimum absolute atomic E-state index is 0.455. The number of aryl methyl sites for hydroxylation is 2. The van der Waals surface area contributed by atoms with Crippen LogP contribution in [-0.2, 0) is 19.5 Å². The Hall–Kier alpha value is -1.55. The van der Waals surface area contributed by atoms with Crippen LogP contribution in [0.3, 0.4) is 0 Å². The van der Waals surface area contributed by atoms with E-state index in [0.29, 0.717) is 6.54 Å². The van der Waals surface area contributed by atoms with Crippen LogP contribution in [0.1, 0.15) is 29.8 Å². The largest absolute Gasteiger partial charge is 0.463 e. The molecule has 0 unspecified atom stereocenters. The summed E-state index contributed by atoms with van der Waals surface area (Å²) in [5.74, 6) is 2.88. The minimum Gasteiger partial charge on any atom is -0.463 e. The third-order valence-electron chi connectivity index (χ3n) is 2.70. The Labute approximate surface area is 95.1 Å². The van der Waals surface area contributed by atoms with Crippen molar-refractivity contribution in [1.82, 2.24) is 9.55 Å². The molecule has 4 heteroatoms. The molecule has 0 atom stereocenters. The summed E-state index contributed by atoms with van der Waals surface area (Å²) in [6.45, 7) is 5.29. The minimum atomic E-state index is 0.455. The molecule has 0 bridgehead atoms. The third kappa shape index (κ3) is 2.02. The summed E-state index contributed by atoms with van der Waals surface area (Å²) in [5.41, 5.74) is 6.70. The van der Waals surface area contributed by atoms with Gasteiger partial charge >= 0.3 is 0 Å². The molecule has 4 nitrogen and oxygen atoms in total. The Bertz CT molecular complexity index is 470. The number of rotatable bonds is 4. The average molecular weight is 219 g/mol. The predicted octanol–water partition coefficient (Wildman–Crippen LogP) is 1.85. The fourth-order valence-corrected chi connectivity index (χ4v) is 1.84. The van der Waals surface area contributed by atoms with Crippen LogP contribution in [-0.4, -0.2) is 9.55 Å².